The number of halogens is 4. The van der Waals surface area contributed by atoms with Crippen LogP contribution in [-0.2, 0) is 10.0 Å². The van der Waals surface area contributed by atoms with E-state index in [4.69, 9.17) is 22.9 Å². The van der Waals surface area contributed by atoms with Gasteiger partial charge in [-0.05, 0) is 60.2 Å². The highest BCUT2D eigenvalue weighted by molar-refractivity contribution is 7.90. The number of rotatable bonds is 8. The summed E-state index contributed by atoms with van der Waals surface area (Å²) in [4.78, 5) is 14.9. The number of fused-ring (bicyclic) bond motifs is 1. The number of benzene rings is 5. The second-order valence-corrected chi connectivity index (χ2v) is 12.8. The van der Waals surface area contributed by atoms with Gasteiger partial charge >= 0.3 is 5.97 Å². The van der Waals surface area contributed by atoms with Crippen LogP contribution in [0.5, 0.6) is 5.75 Å². The van der Waals surface area contributed by atoms with E-state index in [1.54, 1.807) is 36.4 Å². The minimum absolute atomic E-state index is 0.0306. The molecular formula is C36H22ClF3N2O5S. The number of carboxylic acid groups (broad SMARTS) is 1. The molecule has 0 aliphatic heterocycles. The van der Waals surface area contributed by atoms with Gasteiger partial charge in [-0.2, -0.15) is 0 Å². The maximum Gasteiger partial charge on any atom is 0.335 e. The zero-order valence-corrected chi connectivity index (χ0v) is 26.4. The zero-order chi connectivity index (χ0) is 34.3. The molecule has 0 saturated carbocycles. The lowest BCUT2D eigenvalue weighted by atomic mass is 9.94. The summed E-state index contributed by atoms with van der Waals surface area (Å²) in [5.41, 5.74) is 1.39. The molecule has 12 heteroatoms. The van der Waals surface area contributed by atoms with Crippen LogP contribution < -0.4 is 4.74 Å². The van der Waals surface area contributed by atoms with Crippen molar-refractivity contribution < 1.29 is 36.2 Å². The number of carbonyl (C=O) groups is 1. The van der Waals surface area contributed by atoms with E-state index in [1.807, 2.05) is 0 Å². The first-order valence-electron chi connectivity index (χ1n) is 14.1. The molecule has 6 aromatic rings. The van der Waals surface area contributed by atoms with Crippen molar-refractivity contribution in [2.45, 2.75) is 11.3 Å². The molecule has 0 bridgehead atoms. The van der Waals surface area contributed by atoms with E-state index in [0.29, 0.717) is 16.7 Å². The molecule has 1 aromatic heterocycles. The van der Waals surface area contributed by atoms with Crippen molar-refractivity contribution in [1.29, 1.82) is 0 Å². The normalized spacial score (nSPS) is 11.5. The second kappa shape index (κ2) is 12.6. The SMILES string of the molecule is [C-]#[N+]c1cccc(OC)c1-c1c(-c2cccc(-c3ccc(C(=O)O)cc3Cl)c2)n(S(=O)(=O)c2ccc(C(F)F)cc2)c2ccc(F)cc12. The van der Waals surface area contributed by atoms with Gasteiger partial charge in [0.1, 0.15) is 11.6 Å². The van der Waals surface area contributed by atoms with E-state index >= 15 is 4.39 Å². The predicted octanol–water partition coefficient (Wildman–Crippen LogP) is 9.87. The van der Waals surface area contributed by atoms with Crippen LogP contribution in [0.25, 0.3) is 49.3 Å². The predicted molar refractivity (Wildman–Crippen MR) is 177 cm³/mol. The minimum Gasteiger partial charge on any atom is -0.497 e. The first-order chi connectivity index (χ1) is 23.0. The van der Waals surface area contributed by atoms with Crippen molar-refractivity contribution in [3.63, 3.8) is 0 Å². The number of methoxy groups -OCH3 is 1. The molecule has 0 unspecified atom stereocenters. The molecule has 1 heterocycles. The van der Waals surface area contributed by atoms with Gasteiger partial charge in [0.05, 0.1) is 35.4 Å². The van der Waals surface area contributed by atoms with Crippen molar-refractivity contribution in [1.82, 2.24) is 3.97 Å². The Labute approximate surface area is 277 Å². The first kappa shape index (κ1) is 32.4. The summed E-state index contributed by atoms with van der Waals surface area (Å²) in [7, 11) is -3.20. The Bertz CT molecular complexity index is 2400. The zero-order valence-electron chi connectivity index (χ0n) is 24.8. The molecule has 7 nitrogen and oxygen atoms in total. The highest BCUT2D eigenvalue weighted by Gasteiger charge is 2.31. The lowest BCUT2D eigenvalue weighted by molar-refractivity contribution is 0.0696. The number of aromatic nitrogens is 1. The fourth-order valence-electron chi connectivity index (χ4n) is 5.64. The molecule has 0 fully saturated rings. The van der Waals surface area contributed by atoms with Crippen LogP contribution in [0.4, 0.5) is 18.9 Å². The molecule has 0 saturated heterocycles. The number of hydrogen-bond acceptors (Lipinski definition) is 4. The van der Waals surface area contributed by atoms with Crippen molar-refractivity contribution in [3.8, 4) is 39.3 Å². The van der Waals surface area contributed by atoms with Gasteiger partial charge in [-0.25, -0.2) is 35.2 Å². The van der Waals surface area contributed by atoms with Crippen LogP contribution in [0.1, 0.15) is 22.3 Å². The van der Waals surface area contributed by atoms with Gasteiger partial charge in [0.2, 0.25) is 0 Å². The van der Waals surface area contributed by atoms with Crippen LogP contribution in [0.2, 0.25) is 5.02 Å². The Kier molecular flexibility index (Phi) is 8.47. The Morgan fingerprint density at radius 1 is 0.917 bits per heavy atom. The average molecular weight is 687 g/mol. The molecule has 0 aliphatic carbocycles. The summed E-state index contributed by atoms with van der Waals surface area (Å²) in [5, 5.41) is 9.67. The van der Waals surface area contributed by atoms with Gasteiger partial charge in [-0.3, -0.25) is 0 Å². The van der Waals surface area contributed by atoms with E-state index in [2.05, 4.69) is 4.85 Å². The van der Waals surface area contributed by atoms with Crippen molar-refractivity contribution in [2.24, 2.45) is 0 Å². The third kappa shape index (κ3) is 5.55. The Morgan fingerprint density at radius 3 is 2.27 bits per heavy atom. The molecule has 1 N–H and O–H groups in total. The lowest BCUT2D eigenvalue weighted by Gasteiger charge is -2.17. The van der Waals surface area contributed by atoms with Crippen LogP contribution >= 0.6 is 11.6 Å². The second-order valence-electron chi connectivity index (χ2n) is 10.6. The fraction of sp³-hybridized carbons (Fsp3) is 0.0556. The van der Waals surface area contributed by atoms with Gasteiger partial charge in [0.25, 0.3) is 16.4 Å². The van der Waals surface area contributed by atoms with E-state index in [1.165, 1.54) is 37.4 Å². The summed E-state index contributed by atoms with van der Waals surface area (Å²) in [5.74, 6) is -1.63. The number of nitrogens with zero attached hydrogens (tertiary/aromatic N) is 2. The number of hydrogen-bond donors (Lipinski definition) is 1. The van der Waals surface area contributed by atoms with Crippen LogP contribution in [-0.4, -0.2) is 30.6 Å². The standard InChI is InChI=1S/C36H22ClF3N2O5S/c1-41-29-7-4-8-31(47-2)33(29)32-27-19-24(38)12-16-30(27)42(48(45,46)25-13-9-20(10-14-25)35(39)40)34(32)22-6-3-5-21(17-22)26-15-11-23(36(43)44)18-28(26)37/h3-19,35H,2H3,(H,43,44). The van der Waals surface area contributed by atoms with Crippen molar-refractivity contribution >= 4 is 44.2 Å². The van der Waals surface area contributed by atoms with Gasteiger partial charge in [0.15, 0.2) is 5.69 Å². The minimum atomic E-state index is -4.59. The molecule has 0 aliphatic rings. The number of alkyl halides is 2. The summed E-state index contributed by atoms with van der Waals surface area (Å²) < 4.78 is 77.6. The fourth-order valence-corrected chi connectivity index (χ4v) is 7.48. The maximum atomic E-state index is 15.0. The Hall–Kier alpha value is -5.57. The van der Waals surface area contributed by atoms with E-state index in [-0.39, 0.29) is 60.2 Å². The van der Waals surface area contributed by atoms with Crippen LogP contribution in [0, 0.1) is 12.4 Å². The van der Waals surface area contributed by atoms with Gasteiger partial charge in [-0.15, -0.1) is 0 Å². The van der Waals surface area contributed by atoms with Gasteiger partial charge < -0.3 is 9.84 Å². The van der Waals surface area contributed by atoms with Crippen molar-refractivity contribution in [3.05, 3.63) is 137 Å². The summed E-state index contributed by atoms with van der Waals surface area (Å²) in [6.07, 6.45) is -2.82. The first-order valence-corrected chi connectivity index (χ1v) is 15.9. The highest BCUT2D eigenvalue weighted by atomic mass is 35.5. The molecule has 0 radical (unpaired) electrons. The molecule has 0 spiro atoms. The number of carboxylic acids is 1. The Balaban J connectivity index is 1.75. The summed E-state index contributed by atoms with van der Waals surface area (Å²) in [6.45, 7) is 7.92. The van der Waals surface area contributed by atoms with E-state index in [0.717, 1.165) is 40.4 Å². The lowest BCUT2D eigenvalue weighted by Crippen LogP contribution is -2.14. The molecule has 240 valence electrons. The third-order valence-corrected chi connectivity index (χ3v) is 9.86. The van der Waals surface area contributed by atoms with Crippen molar-refractivity contribution in [2.75, 3.05) is 7.11 Å². The summed E-state index contributed by atoms with van der Waals surface area (Å²) >= 11 is 6.50. The van der Waals surface area contributed by atoms with E-state index in [9.17, 15) is 27.1 Å². The average Bonchev–Trinajstić information content (AvgIpc) is 3.42. The highest BCUT2D eigenvalue weighted by Crippen LogP contribution is 2.50. The molecule has 0 amide bonds. The van der Waals surface area contributed by atoms with Gasteiger partial charge in [0, 0.05) is 38.2 Å². The van der Waals surface area contributed by atoms with Gasteiger partial charge in [-0.1, -0.05) is 60.1 Å². The molecular weight excluding hydrogens is 665 g/mol. The Morgan fingerprint density at radius 2 is 1.62 bits per heavy atom. The number of aromatic carboxylic acids is 1. The largest absolute Gasteiger partial charge is 0.497 e. The number of ether oxygens (including phenoxy) is 1. The smallest absolute Gasteiger partial charge is 0.335 e. The molecule has 0 atom stereocenters. The molecule has 48 heavy (non-hydrogen) atoms. The topological polar surface area (TPSA) is 90.0 Å². The quantitative estimate of drug-likeness (QED) is 0.161. The summed E-state index contributed by atoms with van der Waals surface area (Å²) in [6, 6.07) is 23.2. The van der Waals surface area contributed by atoms with Crippen LogP contribution in [0.3, 0.4) is 0 Å². The molecule has 6 rings (SSSR count). The molecule has 5 aromatic carbocycles. The van der Waals surface area contributed by atoms with Crippen LogP contribution in [0.15, 0.2) is 108 Å². The third-order valence-electron chi connectivity index (χ3n) is 7.81. The maximum absolute atomic E-state index is 15.0. The monoisotopic (exact) mass is 686 g/mol. The van der Waals surface area contributed by atoms with E-state index < -0.39 is 28.2 Å².